The van der Waals surface area contributed by atoms with Gasteiger partial charge in [0.15, 0.2) is 12.4 Å². The Labute approximate surface area is 141 Å². The number of carbonyl (C=O) groups is 2. The minimum absolute atomic E-state index is 0.0826. The molecule has 0 atom stereocenters. The summed E-state index contributed by atoms with van der Waals surface area (Å²) in [6, 6.07) is 12.5. The Morgan fingerprint density at radius 2 is 1.92 bits per heavy atom. The van der Waals surface area contributed by atoms with Crippen molar-refractivity contribution < 1.29 is 19.1 Å². The zero-order chi connectivity index (χ0) is 17.5. The fourth-order valence-corrected chi connectivity index (χ4v) is 2.22. The first-order valence-electron chi connectivity index (χ1n) is 7.74. The van der Waals surface area contributed by atoms with Crippen molar-refractivity contribution in [1.29, 1.82) is 0 Å². The van der Waals surface area contributed by atoms with Crippen molar-refractivity contribution in [2.45, 2.75) is 20.3 Å². The summed E-state index contributed by atoms with van der Waals surface area (Å²) in [5, 5.41) is 2.71. The molecule has 0 bridgehead atoms. The van der Waals surface area contributed by atoms with Gasteiger partial charge in [0.2, 0.25) is 0 Å². The van der Waals surface area contributed by atoms with Crippen LogP contribution in [0.5, 0.6) is 11.5 Å². The van der Waals surface area contributed by atoms with Crippen molar-refractivity contribution in [2.24, 2.45) is 0 Å². The number of nitrogens with one attached hydrogen (secondary N) is 1. The van der Waals surface area contributed by atoms with E-state index in [1.807, 2.05) is 24.3 Å². The van der Waals surface area contributed by atoms with Crippen LogP contribution in [0.3, 0.4) is 0 Å². The zero-order valence-electron chi connectivity index (χ0n) is 14.1. The topological polar surface area (TPSA) is 64.6 Å². The highest BCUT2D eigenvalue weighted by atomic mass is 16.5. The molecule has 2 aromatic carbocycles. The molecular weight excluding hydrogens is 306 g/mol. The highest BCUT2D eigenvalue weighted by Gasteiger charge is 2.11. The van der Waals surface area contributed by atoms with Gasteiger partial charge in [0.05, 0.1) is 12.8 Å². The van der Waals surface area contributed by atoms with Crippen LogP contribution in [0.2, 0.25) is 0 Å². The summed E-state index contributed by atoms with van der Waals surface area (Å²) in [6.45, 7) is 3.40. The molecule has 5 nitrogen and oxygen atoms in total. The van der Waals surface area contributed by atoms with Crippen molar-refractivity contribution in [3.63, 3.8) is 0 Å². The van der Waals surface area contributed by atoms with Crippen LogP contribution in [-0.2, 0) is 11.2 Å². The van der Waals surface area contributed by atoms with Crippen LogP contribution in [0.25, 0.3) is 0 Å². The van der Waals surface area contributed by atoms with E-state index in [1.165, 1.54) is 14.0 Å². The van der Waals surface area contributed by atoms with Gasteiger partial charge in [-0.25, -0.2) is 0 Å². The van der Waals surface area contributed by atoms with E-state index in [0.29, 0.717) is 22.7 Å². The van der Waals surface area contributed by atoms with Crippen LogP contribution >= 0.6 is 0 Å². The number of rotatable bonds is 7. The number of Topliss-reactive ketones (excluding diaryl/α,β-unsaturated/α-hetero) is 1. The number of carbonyl (C=O) groups excluding carboxylic acids is 2. The molecule has 2 aromatic rings. The van der Waals surface area contributed by atoms with E-state index in [2.05, 4.69) is 12.2 Å². The molecule has 24 heavy (non-hydrogen) atoms. The first-order valence-corrected chi connectivity index (χ1v) is 7.74. The second kappa shape index (κ2) is 8.15. The van der Waals surface area contributed by atoms with E-state index in [-0.39, 0.29) is 18.3 Å². The van der Waals surface area contributed by atoms with Crippen molar-refractivity contribution >= 4 is 17.4 Å². The minimum atomic E-state index is -0.323. The summed E-state index contributed by atoms with van der Waals surface area (Å²) in [4.78, 5) is 23.6. The quantitative estimate of drug-likeness (QED) is 0.791. The van der Waals surface area contributed by atoms with E-state index in [1.54, 1.807) is 18.2 Å². The molecule has 0 saturated heterocycles. The lowest BCUT2D eigenvalue weighted by molar-refractivity contribution is -0.118. The molecule has 0 aliphatic heterocycles. The molecular formula is C19H21NO4. The van der Waals surface area contributed by atoms with Crippen molar-refractivity contribution in [3.8, 4) is 11.5 Å². The molecule has 0 aliphatic carbocycles. The van der Waals surface area contributed by atoms with Gasteiger partial charge in [-0.15, -0.1) is 0 Å². The molecule has 126 valence electrons. The molecule has 0 spiro atoms. The maximum Gasteiger partial charge on any atom is 0.262 e. The maximum atomic E-state index is 12.1. The van der Waals surface area contributed by atoms with Crippen molar-refractivity contribution in [2.75, 3.05) is 19.0 Å². The van der Waals surface area contributed by atoms with Crippen LogP contribution in [0.4, 0.5) is 5.69 Å². The van der Waals surface area contributed by atoms with Gasteiger partial charge < -0.3 is 14.8 Å². The average Bonchev–Trinajstić information content (AvgIpc) is 2.60. The number of aryl methyl sites for hydroxylation is 1. The van der Waals surface area contributed by atoms with E-state index < -0.39 is 0 Å². The van der Waals surface area contributed by atoms with E-state index >= 15 is 0 Å². The Hall–Kier alpha value is -2.82. The van der Waals surface area contributed by atoms with E-state index in [9.17, 15) is 9.59 Å². The number of hydrogen-bond donors (Lipinski definition) is 1. The maximum absolute atomic E-state index is 12.1. The number of anilines is 1. The third kappa shape index (κ3) is 4.59. The van der Waals surface area contributed by atoms with Crippen LogP contribution in [0.15, 0.2) is 42.5 Å². The lowest BCUT2D eigenvalue weighted by Crippen LogP contribution is -2.20. The molecule has 1 N–H and O–H groups in total. The van der Waals surface area contributed by atoms with Crippen molar-refractivity contribution in [3.05, 3.63) is 53.6 Å². The fraction of sp³-hybridized carbons (Fsp3) is 0.263. The Morgan fingerprint density at radius 3 is 2.58 bits per heavy atom. The zero-order valence-corrected chi connectivity index (χ0v) is 14.1. The van der Waals surface area contributed by atoms with Gasteiger partial charge in [0.25, 0.3) is 5.91 Å². The lowest BCUT2D eigenvalue weighted by atomic mass is 10.1. The molecule has 0 radical (unpaired) electrons. The largest absolute Gasteiger partial charge is 0.495 e. The van der Waals surface area contributed by atoms with Gasteiger partial charge in [-0.2, -0.15) is 0 Å². The Morgan fingerprint density at radius 1 is 1.12 bits per heavy atom. The Kier molecular flexibility index (Phi) is 5.95. The molecule has 0 aliphatic rings. The molecule has 0 aromatic heterocycles. The third-order valence-corrected chi connectivity index (χ3v) is 3.56. The molecule has 5 heteroatoms. The minimum Gasteiger partial charge on any atom is -0.495 e. The number of ketones is 1. The van der Waals surface area contributed by atoms with E-state index in [4.69, 9.17) is 9.47 Å². The van der Waals surface area contributed by atoms with Crippen LogP contribution < -0.4 is 14.8 Å². The smallest absolute Gasteiger partial charge is 0.262 e. The second-order valence-corrected chi connectivity index (χ2v) is 5.31. The summed E-state index contributed by atoms with van der Waals surface area (Å²) in [7, 11) is 1.51. The molecule has 0 heterocycles. The number of amides is 1. The van der Waals surface area contributed by atoms with Gasteiger partial charge in [0.1, 0.15) is 11.5 Å². The highest BCUT2D eigenvalue weighted by molar-refractivity contribution is 5.98. The average molecular weight is 327 g/mol. The lowest BCUT2D eigenvalue weighted by Gasteiger charge is -2.12. The van der Waals surface area contributed by atoms with E-state index in [0.717, 1.165) is 12.0 Å². The van der Waals surface area contributed by atoms with Gasteiger partial charge in [-0.1, -0.05) is 19.1 Å². The standard InChI is InChI=1S/C19H21NO4/c1-4-14-6-5-7-16(10-14)24-12-19(22)20-17-11-15(13(2)21)8-9-18(17)23-3/h5-11H,4,12H2,1-3H3,(H,20,22). The summed E-state index contributed by atoms with van der Waals surface area (Å²) >= 11 is 0. The number of benzene rings is 2. The summed E-state index contributed by atoms with van der Waals surface area (Å²) < 4.78 is 10.7. The SMILES string of the molecule is CCc1cccc(OCC(=O)Nc2cc(C(C)=O)ccc2OC)c1. The van der Waals surface area contributed by atoms with Crippen LogP contribution in [-0.4, -0.2) is 25.4 Å². The second-order valence-electron chi connectivity index (χ2n) is 5.31. The Balaban J connectivity index is 2.03. The normalized spacial score (nSPS) is 10.1. The summed E-state index contributed by atoms with van der Waals surface area (Å²) in [6.07, 6.45) is 0.901. The van der Waals surface area contributed by atoms with Gasteiger partial charge in [0, 0.05) is 5.56 Å². The van der Waals surface area contributed by atoms with Gasteiger partial charge in [-0.05, 0) is 49.2 Å². The number of hydrogen-bond acceptors (Lipinski definition) is 4. The predicted molar refractivity (Wildman–Crippen MR) is 92.9 cm³/mol. The Bertz CT molecular complexity index is 740. The summed E-state index contributed by atoms with van der Waals surface area (Å²) in [5.41, 5.74) is 2.09. The number of methoxy groups -OCH3 is 1. The number of ether oxygens (including phenoxy) is 2. The fourth-order valence-electron chi connectivity index (χ4n) is 2.22. The molecule has 2 rings (SSSR count). The highest BCUT2D eigenvalue weighted by Crippen LogP contribution is 2.25. The molecule has 0 fully saturated rings. The van der Waals surface area contributed by atoms with Gasteiger partial charge >= 0.3 is 0 Å². The van der Waals surface area contributed by atoms with Gasteiger partial charge in [-0.3, -0.25) is 9.59 Å². The third-order valence-electron chi connectivity index (χ3n) is 3.56. The molecule has 1 amide bonds. The molecule has 0 saturated carbocycles. The predicted octanol–water partition coefficient (Wildman–Crippen LogP) is 3.48. The first-order chi connectivity index (χ1) is 11.5. The first kappa shape index (κ1) is 17.5. The van der Waals surface area contributed by atoms with Crippen LogP contribution in [0, 0.1) is 0 Å². The van der Waals surface area contributed by atoms with Crippen LogP contribution in [0.1, 0.15) is 29.8 Å². The monoisotopic (exact) mass is 327 g/mol. The summed E-state index contributed by atoms with van der Waals surface area (Å²) in [5.74, 6) is 0.729. The molecule has 0 unspecified atom stereocenters. The van der Waals surface area contributed by atoms with Crippen molar-refractivity contribution in [1.82, 2.24) is 0 Å².